The molecule has 0 saturated heterocycles. The molecule has 2 aromatic rings. The zero-order chi connectivity index (χ0) is 18.4. The van der Waals surface area contributed by atoms with Crippen molar-refractivity contribution in [2.45, 2.75) is 26.4 Å². The number of benzene rings is 1. The first-order valence-corrected chi connectivity index (χ1v) is 8.20. The monoisotopic (exact) mass is 347 g/mol. The lowest BCUT2D eigenvalue weighted by molar-refractivity contribution is 0.298. The van der Waals surface area contributed by atoms with E-state index in [1.807, 2.05) is 27.9 Å². The smallest absolute Gasteiger partial charge is 0.214 e. The Hall–Kier alpha value is -2.41. The number of rotatable bonds is 6. The summed E-state index contributed by atoms with van der Waals surface area (Å²) in [5.74, 6) is 1.87. The zero-order valence-corrected chi connectivity index (χ0v) is 15.4. The summed E-state index contributed by atoms with van der Waals surface area (Å²) in [5.41, 5.74) is 1.93. The lowest BCUT2D eigenvalue weighted by Gasteiger charge is -2.26. The van der Waals surface area contributed by atoms with Crippen LogP contribution in [-0.2, 0) is 6.54 Å². The van der Waals surface area contributed by atoms with E-state index in [0.29, 0.717) is 24.9 Å². The second-order valence-corrected chi connectivity index (χ2v) is 6.09. The fourth-order valence-corrected chi connectivity index (χ4v) is 2.47. The molecule has 6 nitrogen and oxygen atoms in total. The van der Waals surface area contributed by atoms with Gasteiger partial charge in [-0.2, -0.15) is 0 Å². The van der Waals surface area contributed by atoms with Crippen LogP contribution in [-0.4, -0.2) is 43.5 Å². The molecule has 1 aromatic heterocycles. The van der Waals surface area contributed by atoms with E-state index in [2.05, 4.69) is 25.5 Å². The Morgan fingerprint density at radius 1 is 1.24 bits per heavy atom. The van der Waals surface area contributed by atoms with Crippen molar-refractivity contribution in [3.05, 3.63) is 53.0 Å². The van der Waals surface area contributed by atoms with Crippen molar-refractivity contribution in [3.8, 4) is 0 Å². The molecular weight excluding hydrogens is 321 g/mol. The number of likely N-dealkylation sites (N-methyl/N-ethyl adjacent to an activating group) is 1. The van der Waals surface area contributed by atoms with E-state index >= 15 is 0 Å². The minimum atomic E-state index is -0.233. The number of nitrogens with one attached hydrogen (secondary N) is 2. The van der Waals surface area contributed by atoms with Crippen LogP contribution in [0.2, 0.25) is 0 Å². The molecule has 1 heterocycles. The van der Waals surface area contributed by atoms with E-state index in [0.717, 1.165) is 17.0 Å². The van der Waals surface area contributed by atoms with Gasteiger partial charge < -0.3 is 20.0 Å². The Morgan fingerprint density at radius 3 is 2.44 bits per heavy atom. The topological polar surface area (TPSA) is 65.7 Å². The third kappa shape index (κ3) is 5.29. The van der Waals surface area contributed by atoms with Gasteiger partial charge in [0, 0.05) is 13.6 Å². The molecule has 7 heteroatoms. The molecule has 1 aromatic carbocycles. The summed E-state index contributed by atoms with van der Waals surface area (Å²) in [4.78, 5) is 10.6. The molecule has 2 rings (SSSR count). The maximum absolute atomic E-state index is 13.1. The third-order valence-corrected chi connectivity index (χ3v) is 4.04. The standard InChI is InChI=1S/C18H26FN5O/c1-12-13(2)25-17(23-12)11-22-18(20-3)21-10-16(24(4)5)14-6-8-15(19)9-7-14/h6-9,16H,10-11H2,1-5H3,(H2,20,21,22). The van der Waals surface area contributed by atoms with E-state index in [1.165, 1.54) is 12.1 Å². The lowest BCUT2D eigenvalue weighted by Crippen LogP contribution is -2.41. The van der Waals surface area contributed by atoms with E-state index in [1.54, 1.807) is 19.2 Å². The van der Waals surface area contributed by atoms with E-state index in [9.17, 15) is 4.39 Å². The molecule has 0 radical (unpaired) electrons. The van der Waals surface area contributed by atoms with Gasteiger partial charge >= 0.3 is 0 Å². The van der Waals surface area contributed by atoms with Gasteiger partial charge in [0.15, 0.2) is 5.96 Å². The van der Waals surface area contributed by atoms with Gasteiger partial charge in [0.2, 0.25) is 5.89 Å². The van der Waals surface area contributed by atoms with Crippen molar-refractivity contribution < 1.29 is 8.81 Å². The van der Waals surface area contributed by atoms with E-state index < -0.39 is 0 Å². The number of aryl methyl sites for hydroxylation is 2. The SMILES string of the molecule is CN=C(NCc1nc(C)c(C)o1)NCC(c1ccc(F)cc1)N(C)C. The van der Waals surface area contributed by atoms with Crippen molar-refractivity contribution in [1.82, 2.24) is 20.5 Å². The molecule has 1 atom stereocenters. The highest BCUT2D eigenvalue weighted by Crippen LogP contribution is 2.17. The Labute approximate surface area is 148 Å². The molecule has 0 aliphatic heterocycles. The van der Waals surface area contributed by atoms with Gasteiger partial charge in [-0.15, -0.1) is 0 Å². The number of hydrogen-bond donors (Lipinski definition) is 2. The van der Waals surface area contributed by atoms with Gasteiger partial charge in [0.25, 0.3) is 0 Å². The molecule has 0 amide bonds. The minimum absolute atomic E-state index is 0.0883. The van der Waals surface area contributed by atoms with Crippen molar-refractivity contribution in [1.29, 1.82) is 0 Å². The summed E-state index contributed by atoms with van der Waals surface area (Å²) in [6.45, 7) is 4.89. The Balaban J connectivity index is 1.94. The zero-order valence-electron chi connectivity index (χ0n) is 15.4. The van der Waals surface area contributed by atoms with Crippen LogP contribution < -0.4 is 10.6 Å². The largest absolute Gasteiger partial charge is 0.444 e. The van der Waals surface area contributed by atoms with Crippen molar-refractivity contribution in [3.63, 3.8) is 0 Å². The van der Waals surface area contributed by atoms with Crippen LogP contribution in [0.3, 0.4) is 0 Å². The highest BCUT2D eigenvalue weighted by molar-refractivity contribution is 5.79. The third-order valence-electron chi connectivity index (χ3n) is 4.04. The molecule has 1 unspecified atom stereocenters. The average molecular weight is 347 g/mol. The molecule has 136 valence electrons. The van der Waals surface area contributed by atoms with Gasteiger partial charge in [0.05, 0.1) is 18.3 Å². The van der Waals surface area contributed by atoms with Crippen LogP contribution in [0.1, 0.15) is 29.0 Å². The number of nitrogens with zero attached hydrogens (tertiary/aromatic N) is 3. The van der Waals surface area contributed by atoms with Crippen LogP contribution in [0, 0.1) is 19.7 Å². The molecule has 0 bridgehead atoms. The van der Waals surface area contributed by atoms with Gasteiger partial charge in [-0.25, -0.2) is 9.37 Å². The van der Waals surface area contributed by atoms with Gasteiger partial charge in [-0.3, -0.25) is 4.99 Å². The Morgan fingerprint density at radius 2 is 1.92 bits per heavy atom. The van der Waals surface area contributed by atoms with Crippen LogP contribution in [0.5, 0.6) is 0 Å². The first kappa shape index (κ1) is 18.9. The summed E-state index contributed by atoms with van der Waals surface area (Å²) in [6.07, 6.45) is 0. The van der Waals surface area contributed by atoms with Crippen LogP contribution in [0.25, 0.3) is 0 Å². The predicted molar refractivity (Wildman–Crippen MR) is 97.0 cm³/mol. The Bertz CT molecular complexity index is 689. The number of halogens is 1. The molecule has 0 spiro atoms. The summed E-state index contributed by atoms with van der Waals surface area (Å²) in [5, 5.41) is 6.47. The maximum atomic E-state index is 13.1. The highest BCUT2D eigenvalue weighted by Gasteiger charge is 2.15. The first-order chi connectivity index (χ1) is 11.9. The first-order valence-electron chi connectivity index (χ1n) is 8.20. The van der Waals surface area contributed by atoms with Crippen molar-refractivity contribution >= 4 is 5.96 Å². The predicted octanol–water partition coefficient (Wildman–Crippen LogP) is 2.40. The summed E-state index contributed by atoms with van der Waals surface area (Å²) in [6, 6.07) is 6.65. The normalized spacial score (nSPS) is 13.2. The van der Waals surface area contributed by atoms with Crippen LogP contribution in [0.4, 0.5) is 4.39 Å². The van der Waals surface area contributed by atoms with Crippen molar-refractivity contribution in [2.24, 2.45) is 4.99 Å². The molecular formula is C18H26FN5O. The summed E-state index contributed by atoms with van der Waals surface area (Å²) in [7, 11) is 5.69. The van der Waals surface area contributed by atoms with Crippen LogP contribution in [0.15, 0.2) is 33.7 Å². The highest BCUT2D eigenvalue weighted by atomic mass is 19.1. The lowest BCUT2D eigenvalue weighted by atomic mass is 10.1. The van der Waals surface area contributed by atoms with Gasteiger partial charge in [-0.05, 0) is 45.6 Å². The molecule has 0 aliphatic rings. The second kappa shape index (κ2) is 8.62. The van der Waals surface area contributed by atoms with Crippen LogP contribution >= 0.6 is 0 Å². The fourth-order valence-electron chi connectivity index (χ4n) is 2.47. The number of aliphatic imine (C=N–C) groups is 1. The number of hydrogen-bond acceptors (Lipinski definition) is 4. The quantitative estimate of drug-likeness (QED) is 0.620. The molecule has 0 saturated carbocycles. The molecule has 2 N–H and O–H groups in total. The number of oxazole rings is 1. The maximum Gasteiger partial charge on any atom is 0.214 e. The average Bonchev–Trinajstić information content (AvgIpc) is 2.90. The minimum Gasteiger partial charge on any atom is -0.444 e. The summed E-state index contributed by atoms with van der Waals surface area (Å²) < 4.78 is 18.7. The van der Waals surface area contributed by atoms with Gasteiger partial charge in [0.1, 0.15) is 11.6 Å². The molecule has 0 fully saturated rings. The number of guanidine groups is 1. The van der Waals surface area contributed by atoms with Crippen molar-refractivity contribution in [2.75, 3.05) is 27.7 Å². The van der Waals surface area contributed by atoms with E-state index in [-0.39, 0.29) is 11.9 Å². The van der Waals surface area contributed by atoms with Gasteiger partial charge in [-0.1, -0.05) is 12.1 Å². The molecule has 25 heavy (non-hydrogen) atoms. The summed E-state index contributed by atoms with van der Waals surface area (Å²) >= 11 is 0. The van der Waals surface area contributed by atoms with E-state index in [4.69, 9.17) is 4.42 Å². The number of aromatic nitrogens is 1. The second-order valence-electron chi connectivity index (χ2n) is 6.09. The Kier molecular flexibility index (Phi) is 6.52. The fraction of sp³-hybridized carbons (Fsp3) is 0.444. The molecule has 0 aliphatic carbocycles.